The molecule has 3 rings (SSSR count). The minimum absolute atomic E-state index is 0.0515. The average molecular weight is 387 g/mol. The number of carbonyl (C=O) groups is 1. The Kier molecular flexibility index (Phi) is 4.83. The molecule has 1 aromatic heterocycles. The average Bonchev–Trinajstić information content (AvgIpc) is 2.85. The summed E-state index contributed by atoms with van der Waals surface area (Å²) in [4.78, 5) is 35.9. The predicted octanol–water partition coefficient (Wildman–Crippen LogP) is 3.30. The van der Waals surface area contributed by atoms with Gasteiger partial charge in [-0.05, 0) is 31.2 Å². The van der Waals surface area contributed by atoms with Gasteiger partial charge in [-0.15, -0.1) is 0 Å². The van der Waals surface area contributed by atoms with Gasteiger partial charge in [0, 0.05) is 18.1 Å². The maximum atomic E-state index is 12.8. The van der Waals surface area contributed by atoms with Crippen LogP contribution in [-0.4, -0.2) is 20.2 Å². The molecule has 3 aromatic rings. The summed E-state index contributed by atoms with van der Waals surface area (Å²) in [6, 6.07) is 12.7. The highest BCUT2D eigenvalue weighted by Gasteiger charge is 2.24. The molecule has 9 heteroatoms. The van der Waals surface area contributed by atoms with Gasteiger partial charge in [0.15, 0.2) is 0 Å². The number of amides is 1. The predicted molar refractivity (Wildman–Crippen MR) is 102 cm³/mol. The maximum absolute atomic E-state index is 12.8. The third-order valence-electron chi connectivity index (χ3n) is 4.19. The van der Waals surface area contributed by atoms with Gasteiger partial charge in [-0.1, -0.05) is 29.8 Å². The minimum atomic E-state index is -0.760. The van der Waals surface area contributed by atoms with E-state index in [0.29, 0.717) is 11.4 Å². The number of para-hydroxylation sites is 1. The van der Waals surface area contributed by atoms with E-state index in [1.54, 1.807) is 42.9 Å². The molecule has 1 heterocycles. The number of nitrogens with zero attached hydrogens (tertiary/aromatic N) is 3. The lowest BCUT2D eigenvalue weighted by atomic mass is 10.1. The molecular weight excluding hydrogens is 372 g/mol. The Hall–Kier alpha value is -3.39. The number of carbonyl (C=O) groups excluding carboxylic acids is 1. The van der Waals surface area contributed by atoms with E-state index in [-0.39, 0.29) is 16.3 Å². The van der Waals surface area contributed by atoms with Gasteiger partial charge in [-0.3, -0.25) is 24.4 Å². The maximum Gasteiger partial charge on any atom is 0.295 e. The first-order chi connectivity index (χ1) is 12.8. The summed E-state index contributed by atoms with van der Waals surface area (Å²) >= 11 is 5.78. The van der Waals surface area contributed by atoms with Crippen LogP contribution in [0.5, 0.6) is 0 Å². The zero-order valence-electron chi connectivity index (χ0n) is 14.5. The number of aromatic nitrogens is 2. The van der Waals surface area contributed by atoms with E-state index in [2.05, 4.69) is 5.32 Å². The fraction of sp³-hybridized carbons (Fsp3) is 0.111. The largest absolute Gasteiger partial charge is 0.316 e. The van der Waals surface area contributed by atoms with Crippen molar-refractivity contribution in [3.05, 3.63) is 85.3 Å². The first kappa shape index (κ1) is 18.4. The van der Waals surface area contributed by atoms with E-state index < -0.39 is 22.1 Å². The normalized spacial score (nSPS) is 10.6. The molecule has 0 spiro atoms. The van der Waals surface area contributed by atoms with Gasteiger partial charge >= 0.3 is 0 Å². The highest BCUT2D eigenvalue weighted by molar-refractivity contribution is 6.31. The van der Waals surface area contributed by atoms with Crippen LogP contribution in [-0.2, 0) is 7.05 Å². The summed E-state index contributed by atoms with van der Waals surface area (Å²) in [7, 11) is 1.68. The molecule has 0 atom stereocenters. The van der Waals surface area contributed by atoms with Gasteiger partial charge in [0.1, 0.15) is 11.3 Å². The molecule has 0 radical (unpaired) electrons. The molecule has 1 amide bonds. The van der Waals surface area contributed by atoms with E-state index in [4.69, 9.17) is 11.6 Å². The van der Waals surface area contributed by atoms with Crippen molar-refractivity contribution in [1.82, 2.24) is 9.36 Å². The SMILES string of the molecule is Cc1c(NC(=O)c2ccc(Cl)cc2[N+](=O)[O-])c(=O)n(-c2ccccc2)n1C. The molecule has 0 aliphatic carbocycles. The molecule has 2 aromatic carbocycles. The zero-order valence-corrected chi connectivity index (χ0v) is 15.2. The molecule has 0 aliphatic rings. The van der Waals surface area contributed by atoms with Crippen molar-refractivity contribution >= 4 is 28.9 Å². The number of nitro benzene ring substituents is 1. The summed E-state index contributed by atoms with van der Waals surface area (Å²) in [5, 5.41) is 13.8. The molecule has 0 unspecified atom stereocenters. The molecule has 27 heavy (non-hydrogen) atoms. The molecular formula is C18H15ClN4O4. The van der Waals surface area contributed by atoms with Crippen LogP contribution < -0.4 is 10.9 Å². The zero-order chi connectivity index (χ0) is 19.7. The molecule has 8 nitrogen and oxygen atoms in total. The summed E-state index contributed by atoms with van der Waals surface area (Å²) in [5.41, 5.74) is 0.136. The second kappa shape index (κ2) is 7.08. The standard InChI is InChI=1S/C18H15ClN4O4/c1-11-16(18(25)22(21(11)2)13-6-4-3-5-7-13)20-17(24)14-9-8-12(19)10-15(14)23(26)27/h3-10H,1-2H3,(H,20,24). The monoisotopic (exact) mass is 386 g/mol. The highest BCUT2D eigenvalue weighted by Crippen LogP contribution is 2.24. The van der Waals surface area contributed by atoms with Crippen molar-refractivity contribution in [1.29, 1.82) is 0 Å². The fourth-order valence-corrected chi connectivity index (χ4v) is 2.91. The number of anilines is 1. The Balaban J connectivity index is 2.04. The van der Waals surface area contributed by atoms with Crippen LogP contribution >= 0.6 is 11.6 Å². The fourth-order valence-electron chi connectivity index (χ4n) is 2.74. The number of halogens is 1. The van der Waals surface area contributed by atoms with Crippen LogP contribution in [0.25, 0.3) is 5.69 Å². The number of benzene rings is 2. The third-order valence-corrected chi connectivity index (χ3v) is 4.43. The van der Waals surface area contributed by atoms with E-state index >= 15 is 0 Å². The lowest BCUT2D eigenvalue weighted by Gasteiger charge is -2.07. The van der Waals surface area contributed by atoms with Crippen LogP contribution in [0.1, 0.15) is 16.1 Å². The number of hydrogen-bond acceptors (Lipinski definition) is 4. The summed E-state index contributed by atoms with van der Waals surface area (Å²) in [5.74, 6) is -0.760. The molecule has 0 saturated carbocycles. The van der Waals surface area contributed by atoms with Crippen LogP contribution in [0.4, 0.5) is 11.4 Å². The lowest BCUT2D eigenvalue weighted by Crippen LogP contribution is -2.23. The Labute approximate surface area is 158 Å². The van der Waals surface area contributed by atoms with Gasteiger partial charge in [0.2, 0.25) is 0 Å². The van der Waals surface area contributed by atoms with Gasteiger partial charge in [-0.2, -0.15) is 0 Å². The van der Waals surface area contributed by atoms with Gasteiger partial charge in [-0.25, -0.2) is 4.68 Å². The van der Waals surface area contributed by atoms with Crippen molar-refractivity contribution < 1.29 is 9.72 Å². The Bertz CT molecular complexity index is 1100. The Morgan fingerprint density at radius 1 is 1.19 bits per heavy atom. The Morgan fingerprint density at radius 3 is 2.48 bits per heavy atom. The van der Waals surface area contributed by atoms with Crippen molar-refractivity contribution in [3.63, 3.8) is 0 Å². The van der Waals surface area contributed by atoms with E-state index in [9.17, 15) is 19.7 Å². The molecule has 0 fully saturated rings. The lowest BCUT2D eigenvalue weighted by molar-refractivity contribution is -0.385. The van der Waals surface area contributed by atoms with Gasteiger partial charge in [0.25, 0.3) is 17.2 Å². The summed E-state index contributed by atoms with van der Waals surface area (Å²) in [6.45, 7) is 1.67. The first-order valence-electron chi connectivity index (χ1n) is 7.90. The quantitative estimate of drug-likeness (QED) is 0.549. The highest BCUT2D eigenvalue weighted by atomic mass is 35.5. The number of nitrogens with one attached hydrogen (secondary N) is 1. The third kappa shape index (κ3) is 3.34. The number of nitro groups is 1. The molecule has 1 N–H and O–H groups in total. The first-order valence-corrected chi connectivity index (χ1v) is 8.28. The second-order valence-electron chi connectivity index (χ2n) is 5.81. The van der Waals surface area contributed by atoms with Crippen molar-refractivity contribution in [2.45, 2.75) is 6.92 Å². The molecule has 0 bridgehead atoms. The van der Waals surface area contributed by atoms with Crippen LogP contribution in [0.3, 0.4) is 0 Å². The van der Waals surface area contributed by atoms with Crippen LogP contribution in [0.2, 0.25) is 5.02 Å². The van der Waals surface area contributed by atoms with Gasteiger partial charge < -0.3 is 5.32 Å². The van der Waals surface area contributed by atoms with Crippen LogP contribution in [0, 0.1) is 17.0 Å². The summed E-state index contributed by atoms with van der Waals surface area (Å²) < 4.78 is 3.00. The van der Waals surface area contributed by atoms with Crippen molar-refractivity contribution in [2.24, 2.45) is 7.05 Å². The van der Waals surface area contributed by atoms with Crippen molar-refractivity contribution in [2.75, 3.05) is 5.32 Å². The van der Waals surface area contributed by atoms with E-state index in [0.717, 1.165) is 6.07 Å². The Morgan fingerprint density at radius 2 is 1.85 bits per heavy atom. The second-order valence-corrected chi connectivity index (χ2v) is 6.25. The van der Waals surface area contributed by atoms with E-state index in [1.807, 2.05) is 6.07 Å². The van der Waals surface area contributed by atoms with Gasteiger partial charge in [0.05, 0.1) is 16.3 Å². The van der Waals surface area contributed by atoms with Crippen molar-refractivity contribution in [3.8, 4) is 5.69 Å². The van der Waals surface area contributed by atoms with Crippen LogP contribution in [0.15, 0.2) is 53.3 Å². The molecule has 0 aliphatic heterocycles. The topological polar surface area (TPSA) is 99.2 Å². The summed E-state index contributed by atoms with van der Waals surface area (Å²) in [6.07, 6.45) is 0. The number of rotatable bonds is 4. The molecule has 138 valence electrons. The van der Waals surface area contributed by atoms with E-state index in [1.165, 1.54) is 16.8 Å². The minimum Gasteiger partial charge on any atom is -0.316 e. The smallest absolute Gasteiger partial charge is 0.295 e. The molecule has 0 saturated heterocycles. The number of hydrogen-bond donors (Lipinski definition) is 1.